The van der Waals surface area contributed by atoms with Crippen LogP contribution in [-0.2, 0) is 4.79 Å². The summed E-state index contributed by atoms with van der Waals surface area (Å²) in [6.45, 7) is 0. The minimum Gasteiger partial charge on any atom is -0.497 e. The minimum absolute atomic E-state index is 0.0928. The molecule has 0 aliphatic heterocycles. The van der Waals surface area contributed by atoms with Crippen molar-refractivity contribution in [2.45, 2.75) is 38.1 Å². The van der Waals surface area contributed by atoms with Crippen LogP contribution in [0.25, 0.3) is 0 Å². The summed E-state index contributed by atoms with van der Waals surface area (Å²) in [5, 5.41) is 8.63. The maximum absolute atomic E-state index is 11.9. The summed E-state index contributed by atoms with van der Waals surface area (Å²) in [5.74, 6) is -0.154. The van der Waals surface area contributed by atoms with Gasteiger partial charge in [-0.3, -0.25) is 9.59 Å². The van der Waals surface area contributed by atoms with Gasteiger partial charge in [0.15, 0.2) is 5.78 Å². The van der Waals surface area contributed by atoms with Gasteiger partial charge in [0.1, 0.15) is 11.8 Å². The lowest BCUT2D eigenvalue weighted by atomic mass is 10.0. The number of ketones is 1. The normalized spacial score (nSPS) is 11.9. The van der Waals surface area contributed by atoms with Crippen LogP contribution in [0.1, 0.15) is 42.5 Å². The van der Waals surface area contributed by atoms with Crippen LogP contribution >= 0.6 is 0 Å². The third kappa shape index (κ3) is 5.40. The second kappa shape index (κ2) is 8.32. The number of benzene rings is 1. The number of rotatable bonds is 9. The number of carbonyl (C=O) groups is 2. The Morgan fingerprint density at radius 3 is 2.40 bits per heavy atom. The van der Waals surface area contributed by atoms with Crippen molar-refractivity contribution in [3.8, 4) is 5.75 Å². The van der Waals surface area contributed by atoms with Crippen LogP contribution in [-0.4, -0.2) is 30.0 Å². The number of hydrogen-bond acceptors (Lipinski definition) is 4. The van der Waals surface area contributed by atoms with E-state index in [0.717, 1.165) is 25.0 Å². The molecular formula is C15H21NO4. The number of unbranched alkanes of at least 4 members (excludes halogenated alkanes) is 2. The highest BCUT2D eigenvalue weighted by Crippen LogP contribution is 2.14. The third-order valence-electron chi connectivity index (χ3n) is 3.15. The summed E-state index contributed by atoms with van der Waals surface area (Å²) in [4.78, 5) is 22.4. The minimum atomic E-state index is -0.973. The molecule has 3 N–H and O–H groups in total. The predicted octanol–water partition coefficient (Wildman–Crippen LogP) is 2.24. The molecule has 1 atom stereocenters. The van der Waals surface area contributed by atoms with Crippen molar-refractivity contribution in [3.63, 3.8) is 0 Å². The first-order chi connectivity index (χ1) is 9.54. The molecule has 0 fully saturated rings. The monoisotopic (exact) mass is 279 g/mol. The molecule has 0 unspecified atom stereocenters. The van der Waals surface area contributed by atoms with Crippen molar-refractivity contribution in [3.05, 3.63) is 29.8 Å². The standard InChI is InChI=1S/C15H21NO4/c1-20-12-9-7-11(8-10-12)14(17)6-4-2-3-5-13(16)15(18)19/h7-10,13H,2-6,16H2,1H3,(H,18,19)/t13-/m0/s1. The predicted molar refractivity (Wildman–Crippen MR) is 76.0 cm³/mol. The van der Waals surface area contributed by atoms with Crippen LogP contribution < -0.4 is 10.5 Å². The number of aliphatic carboxylic acids is 1. The Labute approximate surface area is 118 Å². The Hall–Kier alpha value is -1.88. The van der Waals surface area contributed by atoms with E-state index in [0.29, 0.717) is 18.4 Å². The van der Waals surface area contributed by atoms with E-state index in [1.54, 1.807) is 31.4 Å². The quantitative estimate of drug-likeness (QED) is 0.534. The van der Waals surface area contributed by atoms with Gasteiger partial charge in [-0.1, -0.05) is 12.8 Å². The number of carboxylic acid groups (broad SMARTS) is 1. The fraction of sp³-hybridized carbons (Fsp3) is 0.467. The van der Waals surface area contributed by atoms with Gasteiger partial charge in [0.2, 0.25) is 0 Å². The van der Waals surface area contributed by atoms with Crippen molar-refractivity contribution in [2.75, 3.05) is 7.11 Å². The number of Topliss-reactive ketones (excluding diaryl/α,β-unsaturated/α-hetero) is 1. The summed E-state index contributed by atoms with van der Waals surface area (Å²) < 4.78 is 5.03. The molecule has 0 saturated carbocycles. The fourth-order valence-electron chi connectivity index (χ4n) is 1.87. The van der Waals surface area contributed by atoms with Gasteiger partial charge in [0.05, 0.1) is 7.11 Å². The Balaban J connectivity index is 2.24. The van der Waals surface area contributed by atoms with Crippen LogP contribution in [0.4, 0.5) is 0 Å². The molecule has 0 bridgehead atoms. The molecule has 0 spiro atoms. The second-order valence-electron chi connectivity index (χ2n) is 4.70. The highest BCUT2D eigenvalue weighted by atomic mass is 16.5. The summed E-state index contributed by atoms with van der Waals surface area (Å²) >= 11 is 0. The molecule has 0 radical (unpaired) electrons. The Kier molecular flexibility index (Phi) is 6.73. The summed E-state index contributed by atoms with van der Waals surface area (Å²) in [7, 11) is 1.58. The molecule has 20 heavy (non-hydrogen) atoms. The SMILES string of the molecule is COc1ccc(C(=O)CCCCC[C@H](N)C(=O)O)cc1. The van der Waals surface area contributed by atoms with Gasteiger partial charge in [-0.05, 0) is 37.1 Å². The van der Waals surface area contributed by atoms with Gasteiger partial charge < -0.3 is 15.6 Å². The van der Waals surface area contributed by atoms with E-state index >= 15 is 0 Å². The van der Waals surface area contributed by atoms with Gasteiger partial charge in [-0.25, -0.2) is 0 Å². The highest BCUT2D eigenvalue weighted by Gasteiger charge is 2.10. The number of methoxy groups -OCH3 is 1. The average molecular weight is 279 g/mol. The zero-order valence-corrected chi connectivity index (χ0v) is 11.7. The van der Waals surface area contributed by atoms with E-state index in [2.05, 4.69) is 0 Å². The number of nitrogens with two attached hydrogens (primary N) is 1. The van der Waals surface area contributed by atoms with Crippen molar-refractivity contribution in [1.82, 2.24) is 0 Å². The van der Waals surface area contributed by atoms with E-state index in [9.17, 15) is 9.59 Å². The van der Waals surface area contributed by atoms with E-state index in [1.165, 1.54) is 0 Å². The van der Waals surface area contributed by atoms with E-state index < -0.39 is 12.0 Å². The lowest BCUT2D eigenvalue weighted by molar-refractivity contribution is -0.138. The van der Waals surface area contributed by atoms with E-state index in [-0.39, 0.29) is 5.78 Å². The van der Waals surface area contributed by atoms with Gasteiger partial charge in [-0.15, -0.1) is 0 Å². The maximum atomic E-state index is 11.9. The molecule has 110 valence electrons. The van der Waals surface area contributed by atoms with Crippen LogP contribution in [0.2, 0.25) is 0 Å². The number of carboxylic acids is 1. The topological polar surface area (TPSA) is 89.6 Å². The fourth-order valence-corrected chi connectivity index (χ4v) is 1.87. The summed E-state index contributed by atoms with van der Waals surface area (Å²) in [5.41, 5.74) is 6.07. The first-order valence-corrected chi connectivity index (χ1v) is 6.70. The molecule has 5 nitrogen and oxygen atoms in total. The molecule has 0 amide bonds. The second-order valence-corrected chi connectivity index (χ2v) is 4.70. The van der Waals surface area contributed by atoms with Crippen LogP contribution in [0.5, 0.6) is 5.75 Å². The molecule has 1 rings (SSSR count). The first kappa shape index (κ1) is 16.2. The molecule has 0 aliphatic carbocycles. The Morgan fingerprint density at radius 1 is 1.20 bits per heavy atom. The van der Waals surface area contributed by atoms with E-state index in [4.69, 9.17) is 15.6 Å². The van der Waals surface area contributed by atoms with Crippen molar-refractivity contribution < 1.29 is 19.4 Å². The van der Waals surface area contributed by atoms with Crippen LogP contribution in [0.3, 0.4) is 0 Å². The third-order valence-corrected chi connectivity index (χ3v) is 3.15. The van der Waals surface area contributed by atoms with Gasteiger partial charge in [-0.2, -0.15) is 0 Å². The zero-order valence-electron chi connectivity index (χ0n) is 11.7. The molecule has 1 aromatic rings. The molecular weight excluding hydrogens is 258 g/mol. The Bertz CT molecular complexity index is 442. The molecule has 5 heteroatoms. The first-order valence-electron chi connectivity index (χ1n) is 6.70. The summed E-state index contributed by atoms with van der Waals surface area (Å²) in [6.07, 6.45) is 3.20. The molecule has 0 heterocycles. The molecule has 0 saturated heterocycles. The number of carbonyl (C=O) groups excluding carboxylic acids is 1. The maximum Gasteiger partial charge on any atom is 0.320 e. The van der Waals surface area contributed by atoms with Gasteiger partial charge in [0, 0.05) is 12.0 Å². The average Bonchev–Trinajstić information content (AvgIpc) is 2.46. The van der Waals surface area contributed by atoms with E-state index in [1.807, 2.05) is 0 Å². The summed E-state index contributed by atoms with van der Waals surface area (Å²) in [6, 6.07) is 6.23. The smallest absolute Gasteiger partial charge is 0.320 e. The number of hydrogen-bond donors (Lipinski definition) is 2. The highest BCUT2D eigenvalue weighted by molar-refractivity contribution is 5.96. The van der Waals surface area contributed by atoms with Crippen molar-refractivity contribution in [2.24, 2.45) is 5.73 Å². The molecule has 1 aromatic carbocycles. The van der Waals surface area contributed by atoms with Crippen LogP contribution in [0, 0.1) is 0 Å². The van der Waals surface area contributed by atoms with Crippen molar-refractivity contribution >= 4 is 11.8 Å². The largest absolute Gasteiger partial charge is 0.497 e. The van der Waals surface area contributed by atoms with Crippen LogP contribution in [0.15, 0.2) is 24.3 Å². The lowest BCUT2D eigenvalue weighted by Gasteiger charge is -2.06. The molecule has 0 aromatic heterocycles. The molecule has 0 aliphatic rings. The van der Waals surface area contributed by atoms with Gasteiger partial charge >= 0.3 is 5.97 Å². The Morgan fingerprint density at radius 2 is 1.85 bits per heavy atom. The van der Waals surface area contributed by atoms with Gasteiger partial charge in [0.25, 0.3) is 0 Å². The number of ether oxygens (including phenoxy) is 1. The zero-order chi connectivity index (χ0) is 15.0. The van der Waals surface area contributed by atoms with Crippen molar-refractivity contribution in [1.29, 1.82) is 0 Å². The lowest BCUT2D eigenvalue weighted by Crippen LogP contribution is -2.29.